The van der Waals surface area contributed by atoms with Gasteiger partial charge in [-0.2, -0.15) is 0 Å². The van der Waals surface area contributed by atoms with Gasteiger partial charge < -0.3 is 14.9 Å². The number of imidazole rings is 1. The fraction of sp³-hybridized carbons (Fsp3) is 0.308. The number of thioether (sulfide) groups is 1. The first-order valence-corrected chi connectivity index (χ1v) is 7.18. The number of rotatable bonds is 5. The highest BCUT2D eigenvalue weighted by Gasteiger charge is 2.16. The second-order valence-corrected chi connectivity index (χ2v) is 5.12. The summed E-state index contributed by atoms with van der Waals surface area (Å²) in [5.41, 5.74) is 1.14. The number of nitrogens with zero attached hydrogens (tertiary/aromatic N) is 3. The van der Waals surface area contributed by atoms with Crippen molar-refractivity contribution in [1.29, 1.82) is 0 Å². The summed E-state index contributed by atoms with van der Waals surface area (Å²) in [7, 11) is 1.60. The third kappa shape index (κ3) is 2.93. The predicted octanol–water partition coefficient (Wildman–Crippen LogP) is 2.94. The van der Waals surface area contributed by atoms with Gasteiger partial charge in [-0.05, 0) is 41.9 Å². The van der Waals surface area contributed by atoms with Crippen LogP contribution in [-0.2, 0) is 13.7 Å². The Bertz CT molecular complexity index is 640. The summed E-state index contributed by atoms with van der Waals surface area (Å²) in [6, 6.07) is 5.83. The van der Waals surface area contributed by atoms with Crippen LogP contribution >= 0.6 is 11.8 Å². The molecule has 0 bridgehead atoms. The number of nitro groups is 1. The van der Waals surface area contributed by atoms with Gasteiger partial charge in [0.05, 0.1) is 7.05 Å². The van der Waals surface area contributed by atoms with E-state index in [1.165, 1.54) is 15.7 Å². The molecule has 20 heavy (non-hydrogen) atoms. The molecule has 1 heterocycles. The minimum atomic E-state index is -0.464. The molecule has 0 spiro atoms. The largest absolute Gasteiger partial charge is 0.483 e. The van der Waals surface area contributed by atoms with Crippen molar-refractivity contribution < 1.29 is 9.66 Å². The van der Waals surface area contributed by atoms with E-state index in [2.05, 4.69) is 4.98 Å². The minimum Gasteiger partial charge on any atom is -0.483 e. The molecule has 2 rings (SSSR count). The van der Waals surface area contributed by atoms with Crippen LogP contribution in [0.5, 0.6) is 5.75 Å². The Hall–Kier alpha value is -2.02. The standard InChI is InChI=1S/C13H15N3O3S/c1-9-6-10(4-5-11(9)20-3)19-8-12-14-7-13(15(12)2)16(17)18/h4-7H,8H2,1-3H3. The molecular weight excluding hydrogens is 278 g/mol. The summed E-state index contributed by atoms with van der Waals surface area (Å²) in [5, 5.41) is 10.7. The SMILES string of the molecule is CSc1ccc(OCc2ncc([N+](=O)[O-])n2C)cc1C. The Morgan fingerprint density at radius 2 is 2.25 bits per heavy atom. The third-order valence-electron chi connectivity index (χ3n) is 2.98. The van der Waals surface area contributed by atoms with Crippen molar-refractivity contribution in [2.24, 2.45) is 7.05 Å². The second kappa shape index (κ2) is 5.96. The topological polar surface area (TPSA) is 70.2 Å². The lowest BCUT2D eigenvalue weighted by Crippen LogP contribution is -2.05. The summed E-state index contributed by atoms with van der Waals surface area (Å²) < 4.78 is 7.05. The Labute approximate surface area is 120 Å². The van der Waals surface area contributed by atoms with Crippen LogP contribution in [0.3, 0.4) is 0 Å². The van der Waals surface area contributed by atoms with Crippen molar-refractivity contribution in [2.45, 2.75) is 18.4 Å². The highest BCUT2D eigenvalue weighted by molar-refractivity contribution is 7.98. The zero-order chi connectivity index (χ0) is 14.7. The third-order valence-corrected chi connectivity index (χ3v) is 3.88. The van der Waals surface area contributed by atoms with Gasteiger partial charge >= 0.3 is 5.82 Å². The van der Waals surface area contributed by atoms with Gasteiger partial charge in [0.2, 0.25) is 5.82 Å². The molecule has 0 aliphatic heterocycles. The molecule has 0 N–H and O–H groups in total. The molecule has 0 saturated heterocycles. The van der Waals surface area contributed by atoms with Crippen molar-refractivity contribution in [3.8, 4) is 5.75 Å². The molecule has 106 valence electrons. The maximum absolute atomic E-state index is 10.7. The molecule has 6 nitrogen and oxygen atoms in total. The van der Waals surface area contributed by atoms with Gasteiger partial charge in [0, 0.05) is 4.90 Å². The Morgan fingerprint density at radius 3 is 2.80 bits per heavy atom. The van der Waals surface area contributed by atoms with Crippen molar-refractivity contribution in [1.82, 2.24) is 9.55 Å². The number of hydrogen-bond donors (Lipinski definition) is 0. The molecule has 0 saturated carbocycles. The van der Waals surface area contributed by atoms with Gasteiger partial charge in [-0.1, -0.05) is 0 Å². The number of benzene rings is 1. The molecule has 0 atom stereocenters. The number of aryl methyl sites for hydroxylation is 1. The lowest BCUT2D eigenvalue weighted by molar-refractivity contribution is -0.391. The second-order valence-electron chi connectivity index (χ2n) is 4.27. The molecule has 0 fully saturated rings. The van der Waals surface area contributed by atoms with Gasteiger partial charge in [-0.3, -0.25) is 0 Å². The van der Waals surface area contributed by atoms with Crippen LogP contribution in [0.4, 0.5) is 5.82 Å². The van der Waals surface area contributed by atoms with E-state index in [9.17, 15) is 10.1 Å². The normalized spacial score (nSPS) is 10.6. The molecule has 0 aliphatic carbocycles. The first-order chi connectivity index (χ1) is 9.52. The number of aromatic nitrogens is 2. The van der Waals surface area contributed by atoms with E-state index in [1.807, 2.05) is 31.4 Å². The summed E-state index contributed by atoms with van der Waals surface area (Å²) >= 11 is 1.68. The van der Waals surface area contributed by atoms with Gasteiger partial charge in [0.1, 0.15) is 11.9 Å². The molecule has 0 aliphatic rings. The highest BCUT2D eigenvalue weighted by atomic mass is 32.2. The highest BCUT2D eigenvalue weighted by Crippen LogP contribution is 2.24. The summed E-state index contributed by atoms with van der Waals surface area (Å²) in [4.78, 5) is 15.5. The van der Waals surface area contributed by atoms with Crippen LogP contribution < -0.4 is 4.74 Å². The molecule has 2 aromatic rings. The van der Waals surface area contributed by atoms with E-state index in [-0.39, 0.29) is 12.4 Å². The van der Waals surface area contributed by atoms with E-state index in [4.69, 9.17) is 4.74 Å². The maximum Gasteiger partial charge on any atom is 0.342 e. The van der Waals surface area contributed by atoms with Gasteiger partial charge in [-0.15, -0.1) is 11.8 Å². The number of hydrogen-bond acceptors (Lipinski definition) is 5. The zero-order valence-electron chi connectivity index (χ0n) is 11.5. The van der Waals surface area contributed by atoms with E-state index in [1.54, 1.807) is 18.8 Å². The van der Waals surface area contributed by atoms with Crippen LogP contribution in [0, 0.1) is 17.0 Å². The first kappa shape index (κ1) is 14.4. The summed E-state index contributed by atoms with van der Waals surface area (Å²) in [6.45, 7) is 2.21. The van der Waals surface area contributed by atoms with Crippen LogP contribution in [0.2, 0.25) is 0 Å². The monoisotopic (exact) mass is 293 g/mol. The smallest absolute Gasteiger partial charge is 0.342 e. The Kier molecular flexibility index (Phi) is 4.29. The Morgan fingerprint density at radius 1 is 1.50 bits per heavy atom. The molecule has 0 radical (unpaired) electrons. The average molecular weight is 293 g/mol. The van der Waals surface area contributed by atoms with Gasteiger partial charge in [0.25, 0.3) is 0 Å². The first-order valence-electron chi connectivity index (χ1n) is 5.95. The van der Waals surface area contributed by atoms with Crippen molar-refractivity contribution in [3.63, 3.8) is 0 Å². The molecule has 0 unspecified atom stereocenters. The zero-order valence-corrected chi connectivity index (χ0v) is 12.3. The van der Waals surface area contributed by atoms with Gasteiger partial charge in [-0.25, -0.2) is 9.55 Å². The van der Waals surface area contributed by atoms with Crippen LogP contribution in [0.15, 0.2) is 29.3 Å². The van der Waals surface area contributed by atoms with E-state index in [0.29, 0.717) is 5.82 Å². The van der Waals surface area contributed by atoms with Crippen LogP contribution in [0.25, 0.3) is 0 Å². The van der Waals surface area contributed by atoms with Crippen LogP contribution in [-0.4, -0.2) is 20.7 Å². The summed E-state index contributed by atoms with van der Waals surface area (Å²) in [6.07, 6.45) is 3.26. The van der Waals surface area contributed by atoms with Crippen molar-refractivity contribution in [2.75, 3.05) is 6.26 Å². The molecule has 1 aromatic carbocycles. The average Bonchev–Trinajstić information content (AvgIpc) is 2.78. The Balaban J connectivity index is 2.09. The quantitative estimate of drug-likeness (QED) is 0.481. The minimum absolute atomic E-state index is 0.0440. The van der Waals surface area contributed by atoms with Crippen molar-refractivity contribution in [3.05, 3.63) is 45.9 Å². The molecule has 7 heteroatoms. The van der Waals surface area contributed by atoms with Crippen LogP contribution in [0.1, 0.15) is 11.4 Å². The number of ether oxygens (including phenoxy) is 1. The maximum atomic E-state index is 10.7. The fourth-order valence-electron chi connectivity index (χ4n) is 1.83. The molecular formula is C13H15N3O3S. The lowest BCUT2D eigenvalue weighted by Gasteiger charge is -2.07. The predicted molar refractivity (Wildman–Crippen MR) is 77.2 cm³/mol. The van der Waals surface area contributed by atoms with E-state index < -0.39 is 4.92 Å². The van der Waals surface area contributed by atoms with E-state index in [0.717, 1.165) is 11.3 Å². The molecule has 0 amide bonds. The van der Waals surface area contributed by atoms with Crippen molar-refractivity contribution >= 4 is 17.6 Å². The lowest BCUT2D eigenvalue weighted by atomic mass is 10.2. The fourth-order valence-corrected chi connectivity index (χ4v) is 2.41. The summed E-state index contributed by atoms with van der Waals surface area (Å²) in [5.74, 6) is 1.20. The van der Waals surface area contributed by atoms with Gasteiger partial charge in [0.15, 0.2) is 6.61 Å². The van der Waals surface area contributed by atoms with E-state index >= 15 is 0 Å². The molecule has 1 aromatic heterocycles.